The Balaban J connectivity index is 2.60. The molecule has 0 fully saturated rings. The molecule has 4 nitrogen and oxygen atoms in total. The minimum absolute atomic E-state index is 0.0398. The van der Waals surface area contributed by atoms with E-state index in [4.69, 9.17) is 0 Å². The molecule has 2 rings (SSSR count). The predicted octanol–water partition coefficient (Wildman–Crippen LogP) is 4.29. The van der Waals surface area contributed by atoms with Gasteiger partial charge in [-0.1, -0.05) is 0 Å². The smallest absolute Gasteiger partial charge is 0.455 e. The maximum Gasteiger partial charge on any atom is 0.455 e. The summed E-state index contributed by atoms with van der Waals surface area (Å²) in [5, 5.41) is 9.56. The van der Waals surface area contributed by atoms with Gasteiger partial charge in [-0.2, -0.15) is 35.1 Å². The van der Waals surface area contributed by atoms with Crippen molar-refractivity contribution in [3.8, 4) is 11.6 Å². The Bertz CT molecular complexity index is 958. The first-order valence-corrected chi connectivity index (χ1v) is 7.24. The molecule has 0 aliphatic rings. The summed E-state index contributed by atoms with van der Waals surface area (Å²) in [5.41, 5.74) is -2.54. The van der Waals surface area contributed by atoms with Crippen LogP contribution >= 0.6 is 12.2 Å². The molecule has 148 valence electrons. The molecule has 0 saturated carbocycles. The zero-order valence-electron chi connectivity index (χ0n) is 12.8. The Morgan fingerprint density at radius 1 is 0.963 bits per heavy atom. The molecule has 1 aromatic heterocycles. The molecule has 0 unspecified atom stereocenters. The number of hydrogen-bond acceptors (Lipinski definition) is 3. The first-order chi connectivity index (χ1) is 12.1. The Morgan fingerprint density at radius 2 is 1.48 bits per heavy atom. The van der Waals surface area contributed by atoms with E-state index in [9.17, 15) is 45.0 Å². The van der Waals surface area contributed by atoms with Crippen molar-refractivity contribution < 1.29 is 40.2 Å². The normalized spacial score (nSPS) is 13.0. The van der Waals surface area contributed by atoms with Crippen LogP contribution in [-0.4, -0.2) is 26.3 Å². The van der Waals surface area contributed by atoms with Crippen LogP contribution < -0.4 is 5.56 Å². The molecule has 13 heteroatoms. The van der Waals surface area contributed by atoms with Gasteiger partial charge in [-0.05, 0) is 36.5 Å². The lowest BCUT2D eigenvalue weighted by molar-refractivity contribution is -0.287. The zero-order valence-corrected chi connectivity index (χ0v) is 13.6. The number of halogens is 8. The topological polar surface area (TPSA) is 47.2 Å². The summed E-state index contributed by atoms with van der Waals surface area (Å²) in [7, 11) is 0. The van der Waals surface area contributed by atoms with Crippen molar-refractivity contribution in [2.24, 2.45) is 0 Å². The summed E-state index contributed by atoms with van der Waals surface area (Å²) >= 11 is 4.69. The van der Waals surface area contributed by atoms with Crippen molar-refractivity contribution >= 4 is 12.2 Å². The lowest BCUT2D eigenvalue weighted by Crippen LogP contribution is -2.41. The first-order valence-electron chi connectivity index (χ1n) is 6.83. The summed E-state index contributed by atoms with van der Waals surface area (Å²) in [6.45, 7) is -2.12. The lowest BCUT2D eigenvalue weighted by atomic mass is 10.2. The number of alkyl halides is 8. The summed E-state index contributed by atoms with van der Waals surface area (Å²) in [4.78, 5) is 11.9. The Hall–Kier alpha value is -2.44. The van der Waals surface area contributed by atoms with E-state index < -0.39 is 46.6 Å². The fraction of sp³-hybridized carbons (Fsp3) is 0.286. The van der Waals surface area contributed by atoms with Crippen LogP contribution in [0.5, 0.6) is 5.88 Å². The van der Waals surface area contributed by atoms with Gasteiger partial charge in [0.05, 0.1) is 17.3 Å². The van der Waals surface area contributed by atoms with Crippen molar-refractivity contribution in [1.29, 1.82) is 0 Å². The van der Waals surface area contributed by atoms with Crippen molar-refractivity contribution in [3.63, 3.8) is 0 Å². The van der Waals surface area contributed by atoms with Gasteiger partial charge in [0.1, 0.15) is 6.54 Å². The predicted molar refractivity (Wildman–Crippen MR) is 78.5 cm³/mol. The minimum atomic E-state index is -5.95. The van der Waals surface area contributed by atoms with E-state index >= 15 is 0 Å². The summed E-state index contributed by atoms with van der Waals surface area (Å²) < 4.78 is 101. The van der Waals surface area contributed by atoms with E-state index in [1.807, 2.05) is 0 Å². The van der Waals surface area contributed by atoms with Gasteiger partial charge in [-0.25, -0.2) is 0 Å². The highest BCUT2D eigenvalue weighted by atomic mass is 32.1. The van der Waals surface area contributed by atoms with Gasteiger partial charge in [0.15, 0.2) is 10.7 Å². The number of aromatic nitrogens is 2. The summed E-state index contributed by atoms with van der Waals surface area (Å²) in [5.74, 6) is -6.54. The number of benzene rings is 1. The highest BCUT2D eigenvalue weighted by molar-refractivity contribution is 7.71. The van der Waals surface area contributed by atoms with Gasteiger partial charge in [0.2, 0.25) is 0 Å². The van der Waals surface area contributed by atoms with Crippen LogP contribution in [0.25, 0.3) is 5.69 Å². The Labute approximate surface area is 149 Å². The maximum atomic E-state index is 13.3. The molecule has 1 heterocycles. The second-order valence-corrected chi connectivity index (χ2v) is 5.66. The van der Waals surface area contributed by atoms with Crippen molar-refractivity contribution in [3.05, 3.63) is 51.0 Å². The minimum Gasteiger partial charge on any atom is -0.494 e. The SMILES string of the molecule is O=c1cc(O)n(CC(F)(F)C(F)(F)F)c(=S)n1-c1ccc(C(F)(F)F)cc1. The van der Waals surface area contributed by atoms with Crippen LogP contribution in [-0.2, 0) is 12.7 Å². The van der Waals surface area contributed by atoms with E-state index in [0.29, 0.717) is 22.8 Å². The van der Waals surface area contributed by atoms with Crippen LogP contribution in [0, 0.1) is 4.77 Å². The number of hydrogen-bond donors (Lipinski definition) is 1. The zero-order chi connectivity index (χ0) is 20.8. The lowest BCUT2D eigenvalue weighted by Gasteiger charge is -2.22. The standard InChI is InChI=1S/C14H8F8N2O2S/c15-12(16,14(20,21)22)6-23-9(25)5-10(26)24(11(23)27)8-3-1-7(2-4-8)13(17,18)19/h1-5,25H,6H2. The van der Waals surface area contributed by atoms with Crippen LogP contribution in [0.15, 0.2) is 35.1 Å². The fourth-order valence-electron chi connectivity index (χ4n) is 2.04. The van der Waals surface area contributed by atoms with Gasteiger partial charge >= 0.3 is 18.3 Å². The van der Waals surface area contributed by atoms with E-state index in [2.05, 4.69) is 12.2 Å². The third-order valence-corrected chi connectivity index (χ3v) is 3.80. The maximum absolute atomic E-state index is 13.3. The summed E-state index contributed by atoms with van der Waals surface area (Å²) in [6, 6.07) is 3.02. The third-order valence-electron chi connectivity index (χ3n) is 3.40. The highest BCUT2D eigenvalue weighted by Crippen LogP contribution is 2.37. The monoisotopic (exact) mass is 420 g/mol. The average Bonchev–Trinajstić information content (AvgIpc) is 2.50. The molecule has 0 spiro atoms. The molecule has 0 radical (unpaired) electrons. The van der Waals surface area contributed by atoms with Gasteiger partial charge < -0.3 is 5.11 Å². The molecule has 0 atom stereocenters. The van der Waals surface area contributed by atoms with E-state index in [-0.39, 0.29) is 10.3 Å². The molecular formula is C14H8F8N2O2S. The molecule has 1 N–H and O–H groups in total. The quantitative estimate of drug-likeness (QED) is 0.596. The first kappa shape index (κ1) is 20.9. The van der Waals surface area contributed by atoms with Crippen LogP contribution in [0.3, 0.4) is 0 Å². The third kappa shape index (κ3) is 4.12. The average molecular weight is 420 g/mol. The van der Waals surface area contributed by atoms with Gasteiger partial charge in [-0.3, -0.25) is 13.9 Å². The van der Waals surface area contributed by atoms with Crippen molar-refractivity contribution in [2.75, 3.05) is 0 Å². The molecule has 0 bridgehead atoms. The van der Waals surface area contributed by atoms with Crippen molar-refractivity contribution in [2.45, 2.75) is 24.8 Å². The molecule has 0 aliphatic heterocycles. The Morgan fingerprint density at radius 3 is 1.93 bits per heavy atom. The molecule has 0 amide bonds. The summed E-state index contributed by atoms with van der Waals surface area (Å²) in [6.07, 6.45) is -10.6. The second kappa shape index (κ2) is 6.62. The van der Waals surface area contributed by atoms with Crippen LogP contribution in [0.4, 0.5) is 35.1 Å². The molecular weight excluding hydrogens is 412 g/mol. The van der Waals surface area contributed by atoms with Gasteiger partial charge in [-0.15, -0.1) is 0 Å². The number of aromatic hydroxyl groups is 1. The molecule has 2 aromatic rings. The molecule has 0 aliphatic carbocycles. The fourth-order valence-corrected chi connectivity index (χ4v) is 2.39. The number of rotatable bonds is 3. The largest absolute Gasteiger partial charge is 0.494 e. The second-order valence-electron chi connectivity index (χ2n) is 5.29. The van der Waals surface area contributed by atoms with E-state index in [1.54, 1.807) is 0 Å². The van der Waals surface area contributed by atoms with Crippen LogP contribution in [0.1, 0.15) is 5.56 Å². The molecule has 27 heavy (non-hydrogen) atoms. The number of nitrogens with zero attached hydrogens (tertiary/aromatic N) is 2. The molecule has 0 saturated heterocycles. The molecule has 1 aromatic carbocycles. The van der Waals surface area contributed by atoms with Gasteiger partial charge in [0.25, 0.3) is 5.56 Å². The van der Waals surface area contributed by atoms with E-state index in [1.165, 1.54) is 0 Å². The van der Waals surface area contributed by atoms with Crippen LogP contribution in [0.2, 0.25) is 0 Å². The van der Waals surface area contributed by atoms with E-state index in [0.717, 1.165) is 12.1 Å². The van der Waals surface area contributed by atoms with Crippen molar-refractivity contribution in [1.82, 2.24) is 9.13 Å². The Kier molecular flexibility index (Phi) is 5.12. The van der Waals surface area contributed by atoms with Gasteiger partial charge in [0, 0.05) is 0 Å². The highest BCUT2D eigenvalue weighted by Gasteiger charge is 2.57.